The van der Waals surface area contributed by atoms with Crippen LogP contribution in [0.4, 0.5) is 17.6 Å². The maximum Gasteiger partial charge on any atom is 0.203 e. The highest BCUT2D eigenvalue weighted by Gasteiger charge is 2.22. The van der Waals surface area contributed by atoms with E-state index >= 15 is 0 Å². The molecule has 0 radical (unpaired) electrons. The largest absolute Gasteiger partial charge is 0.486 e. The van der Waals surface area contributed by atoms with Gasteiger partial charge in [0, 0.05) is 6.07 Å². The second kappa shape index (κ2) is 9.44. The number of benzene rings is 2. The van der Waals surface area contributed by atoms with Crippen molar-refractivity contribution in [3.8, 4) is 5.75 Å². The van der Waals surface area contributed by atoms with E-state index in [2.05, 4.69) is 6.92 Å². The molecular weight excluding hydrogens is 368 g/mol. The Morgan fingerprint density at radius 3 is 2.21 bits per heavy atom. The van der Waals surface area contributed by atoms with E-state index in [1.807, 2.05) is 24.3 Å². The van der Waals surface area contributed by atoms with Gasteiger partial charge in [0.1, 0.15) is 6.61 Å². The van der Waals surface area contributed by atoms with Gasteiger partial charge >= 0.3 is 0 Å². The number of ether oxygens (including phenoxy) is 1. The molecule has 1 nitrogen and oxygen atoms in total. The molecule has 152 valence electrons. The molecule has 0 spiro atoms. The molecule has 28 heavy (non-hydrogen) atoms. The standard InChI is InChI=1S/C23H26F4O/c1-2-3-4-15-5-9-17(10-6-15)18-11-7-16(8-12-18)14-28-20-13-19(24)21(25)23(27)22(20)26/h7-8,11-13,15,17H,2-6,9-10,14H2,1H3. The lowest BCUT2D eigenvalue weighted by atomic mass is 9.77. The summed E-state index contributed by atoms with van der Waals surface area (Å²) >= 11 is 0. The summed E-state index contributed by atoms with van der Waals surface area (Å²) in [6.45, 7) is 2.18. The average molecular weight is 394 g/mol. The molecular formula is C23H26F4O. The first kappa shape index (κ1) is 20.7. The second-order valence-corrected chi connectivity index (χ2v) is 7.69. The van der Waals surface area contributed by atoms with Crippen molar-refractivity contribution in [2.75, 3.05) is 0 Å². The van der Waals surface area contributed by atoms with E-state index in [0.717, 1.165) is 11.5 Å². The summed E-state index contributed by atoms with van der Waals surface area (Å²) in [6, 6.07) is 8.37. The number of unbranched alkanes of at least 4 members (excludes halogenated alkanes) is 1. The Labute approximate surface area is 163 Å². The van der Waals surface area contributed by atoms with Gasteiger partial charge in [0.25, 0.3) is 0 Å². The van der Waals surface area contributed by atoms with E-state index in [4.69, 9.17) is 4.74 Å². The fourth-order valence-electron chi connectivity index (χ4n) is 3.98. The Kier molecular flexibility index (Phi) is 6.97. The molecule has 2 aromatic carbocycles. The maximum absolute atomic E-state index is 13.7. The van der Waals surface area contributed by atoms with Crippen LogP contribution in [0.25, 0.3) is 0 Å². The van der Waals surface area contributed by atoms with Crippen molar-refractivity contribution < 1.29 is 22.3 Å². The SMILES string of the molecule is CCCCC1CCC(c2ccc(COc3cc(F)c(F)c(F)c3F)cc2)CC1. The van der Waals surface area contributed by atoms with Crippen molar-refractivity contribution in [2.45, 2.75) is 64.4 Å². The molecule has 0 N–H and O–H groups in total. The Morgan fingerprint density at radius 1 is 0.893 bits per heavy atom. The maximum atomic E-state index is 13.7. The van der Waals surface area contributed by atoms with Gasteiger partial charge in [-0.2, -0.15) is 4.39 Å². The topological polar surface area (TPSA) is 9.23 Å². The third-order valence-corrected chi connectivity index (χ3v) is 5.73. The van der Waals surface area contributed by atoms with Crippen molar-refractivity contribution in [1.29, 1.82) is 0 Å². The molecule has 0 amide bonds. The summed E-state index contributed by atoms with van der Waals surface area (Å²) in [4.78, 5) is 0. The van der Waals surface area contributed by atoms with Crippen LogP contribution in [-0.2, 0) is 6.61 Å². The minimum Gasteiger partial charge on any atom is -0.486 e. The highest BCUT2D eigenvalue weighted by atomic mass is 19.2. The van der Waals surface area contributed by atoms with Gasteiger partial charge in [-0.05, 0) is 48.6 Å². The summed E-state index contributed by atoms with van der Waals surface area (Å²) in [5.74, 6) is -5.90. The minimum absolute atomic E-state index is 0.0501. The normalized spacial score (nSPS) is 19.6. The number of hydrogen-bond donors (Lipinski definition) is 0. The van der Waals surface area contributed by atoms with E-state index in [1.54, 1.807) is 0 Å². The highest BCUT2D eigenvalue weighted by molar-refractivity contribution is 5.29. The van der Waals surface area contributed by atoms with Gasteiger partial charge in [0.15, 0.2) is 17.4 Å². The van der Waals surface area contributed by atoms with Crippen molar-refractivity contribution in [1.82, 2.24) is 0 Å². The molecule has 0 bridgehead atoms. The predicted molar refractivity (Wildman–Crippen MR) is 101 cm³/mol. The lowest BCUT2D eigenvalue weighted by molar-refractivity contribution is 0.276. The summed E-state index contributed by atoms with van der Waals surface area (Å²) in [7, 11) is 0. The third kappa shape index (κ3) is 4.86. The van der Waals surface area contributed by atoms with Gasteiger partial charge in [-0.25, -0.2) is 13.2 Å². The molecule has 0 aromatic heterocycles. The van der Waals surface area contributed by atoms with E-state index in [-0.39, 0.29) is 6.61 Å². The smallest absolute Gasteiger partial charge is 0.203 e. The monoisotopic (exact) mass is 394 g/mol. The average Bonchev–Trinajstić information content (AvgIpc) is 2.73. The number of halogens is 4. The van der Waals surface area contributed by atoms with E-state index < -0.39 is 29.0 Å². The summed E-state index contributed by atoms with van der Waals surface area (Å²) in [5, 5.41) is 0. The first-order valence-electron chi connectivity index (χ1n) is 10.0. The van der Waals surface area contributed by atoms with Crippen LogP contribution in [0.5, 0.6) is 5.75 Å². The fraction of sp³-hybridized carbons (Fsp3) is 0.478. The zero-order valence-electron chi connectivity index (χ0n) is 16.1. The zero-order chi connectivity index (χ0) is 20.1. The fourth-order valence-corrected chi connectivity index (χ4v) is 3.98. The second-order valence-electron chi connectivity index (χ2n) is 7.69. The molecule has 0 aliphatic heterocycles. The van der Waals surface area contributed by atoms with Crippen molar-refractivity contribution in [2.24, 2.45) is 5.92 Å². The summed E-state index contributed by atoms with van der Waals surface area (Å²) in [6.07, 6.45) is 8.85. The summed E-state index contributed by atoms with van der Waals surface area (Å²) < 4.78 is 58.3. The molecule has 0 heterocycles. The molecule has 1 aliphatic carbocycles. The first-order valence-corrected chi connectivity index (χ1v) is 10.0. The van der Waals surface area contributed by atoms with Gasteiger partial charge in [-0.3, -0.25) is 0 Å². The van der Waals surface area contributed by atoms with E-state index in [0.29, 0.717) is 12.0 Å². The molecule has 2 aromatic rings. The third-order valence-electron chi connectivity index (χ3n) is 5.73. The quantitative estimate of drug-likeness (QED) is 0.272. The van der Waals surface area contributed by atoms with Crippen LogP contribution < -0.4 is 4.74 Å². The highest BCUT2D eigenvalue weighted by Crippen LogP contribution is 2.37. The molecule has 1 saturated carbocycles. The lowest BCUT2D eigenvalue weighted by Crippen LogP contribution is -2.13. The van der Waals surface area contributed by atoms with Crippen LogP contribution in [0.1, 0.15) is 68.9 Å². The molecule has 5 heteroatoms. The lowest BCUT2D eigenvalue weighted by Gasteiger charge is -2.29. The molecule has 3 rings (SSSR count). The Morgan fingerprint density at radius 2 is 1.57 bits per heavy atom. The van der Waals surface area contributed by atoms with Crippen molar-refractivity contribution >= 4 is 0 Å². The van der Waals surface area contributed by atoms with Crippen molar-refractivity contribution in [3.63, 3.8) is 0 Å². The van der Waals surface area contributed by atoms with Crippen LogP contribution in [0.2, 0.25) is 0 Å². The molecule has 1 aliphatic rings. The van der Waals surface area contributed by atoms with Crippen LogP contribution in [-0.4, -0.2) is 0 Å². The van der Waals surface area contributed by atoms with Gasteiger partial charge < -0.3 is 4.74 Å². The van der Waals surface area contributed by atoms with Gasteiger partial charge in [0.2, 0.25) is 11.6 Å². The molecule has 1 fully saturated rings. The Balaban J connectivity index is 1.56. The van der Waals surface area contributed by atoms with E-state index in [1.165, 1.54) is 50.5 Å². The number of hydrogen-bond acceptors (Lipinski definition) is 1. The Hall–Kier alpha value is -2.04. The van der Waals surface area contributed by atoms with Crippen LogP contribution in [0.3, 0.4) is 0 Å². The Bertz CT molecular complexity index is 780. The molecule has 0 atom stereocenters. The van der Waals surface area contributed by atoms with Gasteiger partial charge in [-0.15, -0.1) is 0 Å². The van der Waals surface area contributed by atoms with Crippen LogP contribution in [0, 0.1) is 29.2 Å². The predicted octanol–water partition coefficient (Wildman–Crippen LogP) is 7.29. The zero-order valence-corrected chi connectivity index (χ0v) is 16.1. The van der Waals surface area contributed by atoms with Crippen molar-refractivity contribution in [3.05, 3.63) is 64.7 Å². The van der Waals surface area contributed by atoms with Gasteiger partial charge in [0.05, 0.1) is 0 Å². The van der Waals surface area contributed by atoms with Gasteiger partial charge in [-0.1, -0.05) is 50.5 Å². The summed E-state index contributed by atoms with van der Waals surface area (Å²) in [5.41, 5.74) is 2.03. The molecule has 0 unspecified atom stereocenters. The minimum atomic E-state index is -1.86. The number of rotatable bonds is 7. The van der Waals surface area contributed by atoms with Crippen LogP contribution in [0.15, 0.2) is 30.3 Å². The van der Waals surface area contributed by atoms with Crippen LogP contribution >= 0.6 is 0 Å². The first-order chi connectivity index (χ1) is 13.5. The van der Waals surface area contributed by atoms with E-state index in [9.17, 15) is 17.6 Å². The molecule has 0 saturated heterocycles.